The van der Waals surface area contributed by atoms with Crippen LogP contribution in [0.15, 0.2) is 48.5 Å². The number of nitrogens with one attached hydrogen (secondary N) is 1. The van der Waals surface area contributed by atoms with E-state index in [4.69, 9.17) is 16.3 Å². The van der Waals surface area contributed by atoms with E-state index in [1.165, 1.54) is 0 Å². The minimum atomic E-state index is -0.638. The van der Waals surface area contributed by atoms with Crippen LogP contribution in [0, 0.1) is 0 Å². The zero-order chi connectivity index (χ0) is 14.6. The summed E-state index contributed by atoms with van der Waals surface area (Å²) in [5.74, 6) is 0.741. The van der Waals surface area contributed by atoms with Crippen molar-refractivity contribution in [1.82, 2.24) is 0 Å². The summed E-state index contributed by atoms with van der Waals surface area (Å²) in [6, 6.07) is 15.0. The molecule has 0 amide bonds. The first-order valence-electron chi connectivity index (χ1n) is 6.37. The van der Waals surface area contributed by atoms with Crippen molar-refractivity contribution in [2.45, 2.75) is 12.5 Å². The number of anilines is 1. The van der Waals surface area contributed by atoms with Gasteiger partial charge in [-0.1, -0.05) is 29.8 Å². The third-order valence-corrected chi connectivity index (χ3v) is 3.53. The molecule has 20 heavy (non-hydrogen) atoms. The van der Waals surface area contributed by atoms with Crippen molar-refractivity contribution >= 4 is 17.3 Å². The van der Waals surface area contributed by atoms with Gasteiger partial charge in [-0.3, -0.25) is 0 Å². The summed E-state index contributed by atoms with van der Waals surface area (Å²) in [6.45, 7) is 1.87. The standard InChI is InChI=1S/C16H18ClNO2/c1-16(11-19,14-5-3-4-6-15(14)20-2)18-13-9-7-12(17)8-10-13/h3-10,18-19H,11H2,1-2H3. The van der Waals surface area contributed by atoms with E-state index in [0.717, 1.165) is 17.0 Å². The average Bonchev–Trinajstić information content (AvgIpc) is 2.49. The number of para-hydroxylation sites is 1. The first-order valence-corrected chi connectivity index (χ1v) is 6.75. The number of methoxy groups -OCH3 is 1. The Kier molecular flexibility index (Phi) is 4.53. The fourth-order valence-electron chi connectivity index (χ4n) is 2.14. The molecule has 1 atom stereocenters. The molecule has 0 heterocycles. The van der Waals surface area contributed by atoms with Crippen LogP contribution in [-0.2, 0) is 5.54 Å². The maximum atomic E-state index is 9.83. The largest absolute Gasteiger partial charge is 0.496 e. The second kappa shape index (κ2) is 6.16. The molecule has 0 fully saturated rings. The molecule has 106 valence electrons. The topological polar surface area (TPSA) is 41.5 Å². The highest BCUT2D eigenvalue weighted by atomic mass is 35.5. The molecule has 4 heteroatoms. The molecule has 3 nitrogen and oxygen atoms in total. The third kappa shape index (κ3) is 3.06. The van der Waals surface area contributed by atoms with E-state index >= 15 is 0 Å². The van der Waals surface area contributed by atoms with Gasteiger partial charge < -0.3 is 15.2 Å². The van der Waals surface area contributed by atoms with Gasteiger partial charge in [-0.15, -0.1) is 0 Å². The Bertz CT molecular complexity index is 571. The first kappa shape index (κ1) is 14.7. The smallest absolute Gasteiger partial charge is 0.124 e. The molecule has 0 aliphatic rings. The van der Waals surface area contributed by atoms with Crippen LogP contribution in [0.2, 0.25) is 5.02 Å². The highest BCUT2D eigenvalue weighted by Gasteiger charge is 2.28. The molecule has 2 rings (SSSR count). The van der Waals surface area contributed by atoms with E-state index in [1.807, 2.05) is 55.5 Å². The Balaban J connectivity index is 2.35. The molecule has 0 saturated heterocycles. The molecule has 0 aliphatic carbocycles. The summed E-state index contributed by atoms with van der Waals surface area (Å²) in [5, 5.41) is 13.8. The molecule has 1 unspecified atom stereocenters. The summed E-state index contributed by atoms with van der Waals surface area (Å²) in [7, 11) is 1.62. The number of rotatable bonds is 5. The maximum Gasteiger partial charge on any atom is 0.124 e. The molecular weight excluding hydrogens is 274 g/mol. The predicted molar refractivity (Wildman–Crippen MR) is 82.5 cm³/mol. The summed E-state index contributed by atoms with van der Waals surface area (Å²) < 4.78 is 5.38. The van der Waals surface area contributed by atoms with Gasteiger partial charge in [0.05, 0.1) is 19.3 Å². The lowest BCUT2D eigenvalue weighted by molar-refractivity contribution is 0.220. The van der Waals surface area contributed by atoms with Crippen LogP contribution in [0.4, 0.5) is 5.69 Å². The Hall–Kier alpha value is -1.71. The van der Waals surface area contributed by atoms with Gasteiger partial charge in [0.1, 0.15) is 5.75 Å². The number of aliphatic hydroxyl groups excluding tert-OH is 1. The van der Waals surface area contributed by atoms with E-state index in [1.54, 1.807) is 7.11 Å². The molecule has 2 aromatic rings. The van der Waals surface area contributed by atoms with Gasteiger partial charge in [-0.25, -0.2) is 0 Å². The lowest BCUT2D eigenvalue weighted by Gasteiger charge is -2.31. The number of hydrogen-bond acceptors (Lipinski definition) is 3. The van der Waals surface area contributed by atoms with Crippen molar-refractivity contribution < 1.29 is 9.84 Å². The van der Waals surface area contributed by atoms with Crippen LogP contribution >= 0.6 is 11.6 Å². The van der Waals surface area contributed by atoms with Crippen molar-refractivity contribution in [3.8, 4) is 5.75 Å². The van der Waals surface area contributed by atoms with Gasteiger partial charge in [0.2, 0.25) is 0 Å². The molecule has 0 saturated carbocycles. The van der Waals surface area contributed by atoms with Crippen molar-refractivity contribution in [3.63, 3.8) is 0 Å². The quantitative estimate of drug-likeness (QED) is 0.883. The monoisotopic (exact) mass is 291 g/mol. The fourth-order valence-corrected chi connectivity index (χ4v) is 2.27. The minimum absolute atomic E-state index is 0.0595. The van der Waals surface area contributed by atoms with Gasteiger partial charge in [-0.05, 0) is 37.3 Å². The molecule has 2 N–H and O–H groups in total. The molecule has 0 bridgehead atoms. The number of hydrogen-bond donors (Lipinski definition) is 2. The van der Waals surface area contributed by atoms with Gasteiger partial charge >= 0.3 is 0 Å². The molecule has 2 aromatic carbocycles. The van der Waals surface area contributed by atoms with Crippen LogP contribution < -0.4 is 10.1 Å². The summed E-state index contributed by atoms with van der Waals surface area (Å²) in [4.78, 5) is 0. The van der Waals surface area contributed by atoms with E-state index in [9.17, 15) is 5.11 Å². The van der Waals surface area contributed by atoms with Crippen LogP contribution in [0.3, 0.4) is 0 Å². The summed E-state index contributed by atoms with van der Waals surface area (Å²) >= 11 is 5.88. The predicted octanol–water partition coefficient (Wildman–Crippen LogP) is 3.67. The van der Waals surface area contributed by atoms with Crippen molar-refractivity contribution in [1.29, 1.82) is 0 Å². The third-order valence-electron chi connectivity index (χ3n) is 3.28. The second-order valence-corrected chi connectivity index (χ2v) is 5.26. The van der Waals surface area contributed by atoms with Gasteiger partial charge in [0, 0.05) is 16.3 Å². The Morgan fingerprint density at radius 1 is 1.15 bits per heavy atom. The number of benzene rings is 2. The molecule has 0 spiro atoms. The molecular formula is C16H18ClNO2. The Morgan fingerprint density at radius 2 is 1.80 bits per heavy atom. The highest BCUT2D eigenvalue weighted by molar-refractivity contribution is 6.30. The second-order valence-electron chi connectivity index (χ2n) is 4.82. The SMILES string of the molecule is COc1ccccc1C(C)(CO)Nc1ccc(Cl)cc1. The summed E-state index contributed by atoms with van der Waals surface area (Å²) in [6.07, 6.45) is 0. The van der Waals surface area contributed by atoms with Crippen LogP contribution in [0.5, 0.6) is 5.75 Å². The molecule has 0 aromatic heterocycles. The number of aliphatic hydroxyl groups is 1. The highest BCUT2D eigenvalue weighted by Crippen LogP contribution is 2.32. The van der Waals surface area contributed by atoms with Crippen molar-refractivity contribution in [2.75, 3.05) is 19.0 Å². The van der Waals surface area contributed by atoms with E-state index in [-0.39, 0.29) is 6.61 Å². The zero-order valence-corrected chi connectivity index (χ0v) is 12.3. The van der Waals surface area contributed by atoms with Crippen LogP contribution in [-0.4, -0.2) is 18.8 Å². The Morgan fingerprint density at radius 3 is 2.40 bits per heavy atom. The number of ether oxygens (including phenoxy) is 1. The van der Waals surface area contributed by atoms with Crippen molar-refractivity contribution in [2.24, 2.45) is 0 Å². The normalized spacial score (nSPS) is 13.6. The average molecular weight is 292 g/mol. The minimum Gasteiger partial charge on any atom is -0.496 e. The maximum absolute atomic E-state index is 9.83. The van der Waals surface area contributed by atoms with Gasteiger partial charge in [0.25, 0.3) is 0 Å². The first-order chi connectivity index (χ1) is 9.59. The van der Waals surface area contributed by atoms with Crippen LogP contribution in [0.1, 0.15) is 12.5 Å². The molecule has 0 aliphatic heterocycles. The Labute approximate surface area is 124 Å². The van der Waals surface area contributed by atoms with Crippen LogP contribution in [0.25, 0.3) is 0 Å². The summed E-state index contributed by atoms with van der Waals surface area (Å²) in [5.41, 5.74) is 1.15. The lowest BCUT2D eigenvalue weighted by Crippen LogP contribution is -2.36. The van der Waals surface area contributed by atoms with Gasteiger partial charge in [0.15, 0.2) is 0 Å². The van der Waals surface area contributed by atoms with E-state index in [2.05, 4.69) is 5.32 Å². The van der Waals surface area contributed by atoms with Gasteiger partial charge in [-0.2, -0.15) is 0 Å². The van der Waals surface area contributed by atoms with E-state index < -0.39 is 5.54 Å². The zero-order valence-electron chi connectivity index (χ0n) is 11.6. The van der Waals surface area contributed by atoms with E-state index in [0.29, 0.717) is 5.02 Å². The molecule has 0 radical (unpaired) electrons. The fraction of sp³-hybridized carbons (Fsp3) is 0.250. The number of halogens is 1. The lowest BCUT2D eigenvalue weighted by atomic mass is 9.91. The van der Waals surface area contributed by atoms with Crippen molar-refractivity contribution in [3.05, 3.63) is 59.1 Å².